The van der Waals surface area contributed by atoms with Crippen LogP contribution in [-0.4, -0.2) is 22.6 Å². The van der Waals surface area contributed by atoms with Crippen LogP contribution in [0.5, 0.6) is 0 Å². The Hall–Kier alpha value is -4.58. The second-order valence-corrected chi connectivity index (χ2v) is 7.29. The van der Waals surface area contributed by atoms with E-state index in [9.17, 15) is 14.4 Å². The van der Waals surface area contributed by atoms with Crippen LogP contribution in [-0.2, 0) is 6.42 Å². The quantitative estimate of drug-likeness (QED) is 0.399. The van der Waals surface area contributed by atoms with Crippen molar-refractivity contribution < 1.29 is 14.4 Å². The van der Waals surface area contributed by atoms with Crippen molar-refractivity contribution >= 4 is 29.0 Å². The third kappa shape index (κ3) is 5.37. The number of pyridine rings is 1. The number of nitrogens with zero attached hydrogens (tertiary/aromatic N) is 1. The molecule has 0 radical (unpaired) electrons. The van der Waals surface area contributed by atoms with E-state index < -0.39 is 0 Å². The van der Waals surface area contributed by atoms with E-state index in [2.05, 4.69) is 15.6 Å². The summed E-state index contributed by atoms with van der Waals surface area (Å²) in [5.74, 6) is -0.852. The molecule has 1 aromatic heterocycles. The van der Waals surface area contributed by atoms with Crippen LogP contribution in [0.1, 0.15) is 36.8 Å². The molecule has 0 saturated heterocycles. The molecule has 0 aliphatic heterocycles. The van der Waals surface area contributed by atoms with Gasteiger partial charge >= 0.3 is 0 Å². The highest BCUT2D eigenvalue weighted by molar-refractivity contribution is 6.11. The fourth-order valence-corrected chi connectivity index (χ4v) is 3.32. The summed E-state index contributed by atoms with van der Waals surface area (Å²) in [7, 11) is 0. The molecule has 0 unspecified atom stereocenters. The fraction of sp³-hybridized carbons (Fsp3) is 0.0370. The van der Waals surface area contributed by atoms with Crippen LogP contribution in [0.4, 0.5) is 11.4 Å². The lowest BCUT2D eigenvalue weighted by molar-refractivity contribution is 0.0987. The summed E-state index contributed by atoms with van der Waals surface area (Å²) in [4.78, 5) is 42.8. The van der Waals surface area contributed by atoms with E-state index in [0.29, 0.717) is 33.8 Å². The number of carbonyl (C=O) groups is 3. The first-order chi connectivity index (χ1) is 16.1. The van der Waals surface area contributed by atoms with Crippen molar-refractivity contribution in [2.45, 2.75) is 6.42 Å². The van der Waals surface area contributed by atoms with Gasteiger partial charge in [-0.25, -0.2) is 0 Å². The summed E-state index contributed by atoms with van der Waals surface area (Å²) in [6.45, 7) is 0. The van der Waals surface area contributed by atoms with Crippen molar-refractivity contribution in [2.24, 2.45) is 0 Å². The third-order valence-electron chi connectivity index (χ3n) is 5.01. The standard InChI is InChI=1S/C27H21N3O3/c31-24(19-10-4-1-5-11-19)18-23-25(30-27(33)21-14-8-3-9-15-21)22(16-17-28-23)29-26(32)20-12-6-2-7-13-20/h1-17H,18H2,(H,30,33)(H,28,29,32). The molecule has 6 nitrogen and oxygen atoms in total. The monoisotopic (exact) mass is 435 g/mol. The van der Waals surface area contributed by atoms with Crippen LogP contribution < -0.4 is 10.6 Å². The number of hydrogen-bond donors (Lipinski definition) is 2. The molecule has 3 aromatic carbocycles. The number of rotatable bonds is 7. The molecule has 0 bridgehead atoms. The Kier molecular flexibility index (Phi) is 6.66. The van der Waals surface area contributed by atoms with Crippen LogP contribution in [0.25, 0.3) is 0 Å². The Morgan fingerprint density at radius 1 is 0.606 bits per heavy atom. The minimum absolute atomic E-state index is 0.0382. The third-order valence-corrected chi connectivity index (χ3v) is 5.01. The molecule has 0 aliphatic carbocycles. The van der Waals surface area contributed by atoms with Crippen LogP contribution in [0, 0.1) is 0 Å². The van der Waals surface area contributed by atoms with Gasteiger partial charge in [0, 0.05) is 22.9 Å². The first-order valence-electron chi connectivity index (χ1n) is 10.4. The number of ketones is 1. The zero-order valence-corrected chi connectivity index (χ0v) is 17.7. The average molecular weight is 435 g/mol. The number of carbonyl (C=O) groups excluding carboxylic acids is 3. The van der Waals surface area contributed by atoms with Crippen molar-refractivity contribution in [1.82, 2.24) is 4.98 Å². The highest BCUT2D eigenvalue weighted by Gasteiger charge is 2.19. The van der Waals surface area contributed by atoms with E-state index in [1.165, 1.54) is 6.20 Å². The molecule has 0 atom stereocenters. The minimum Gasteiger partial charge on any atom is -0.320 e. The lowest BCUT2D eigenvalue weighted by atomic mass is 10.0. The number of Topliss-reactive ketones (excluding diaryl/α,β-unsaturated/α-hetero) is 1. The predicted octanol–water partition coefficient (Wildman–Crippen LogP) is 5.01. The first-order valence-corrected chi connectivity index (χ1v) is 10.4. The van der Waals surface area contributed by atoms with Gasteiger partial charge in [-0.2, -0.15) is 0 Å². The lowest BCUT2D eigenvalue weighted by Gasteiger charge is -2.16. The van der Waals surface area contributed by atoms with Gasteiger partial charge in [-0.05, 0) is 30.3 Å². The summed E-state index contributed by atoms with van der Waals surface area (Å²) in [6, 6.07) is 27.9. The summed E-state index contributed by atoms with van der Waals surface area (Å²) in [6.07, 6.45) is 1.47. The molecule has 0 saturated carbocycles. The minimum atomic E-state index is -0.368. The molecule has 1 heterocycles. The van der Waals surface area contributed by atoms with Crippen molar-refractivity contribution in [1.29, 1.82) is 0 Å². The maximum absolute atomic E-state index is 12.9. The first kappa shape index (κ1) is 21.6. The normalized spacial score (nSPS) is 10.3. The van der Waals surface area contributed by atoms with Crippen molar-refractivity contribution in [3.63, 3.8) is 0 Å². The number of aromatic nitrogens is 1. The maximum atomic E-state index is 12.9. The number of nitrogens with one attached hydrogen (secondary N) is 2. The van der Waals surface area contributed by atoms with Crippen LogP contribution >= 0.6 is 0 Å². The van der Waals surface area contributed by atoms with E-state index in [4.69, 9.17) is 0 Å². The van der Waals surface area contributed by atoms with E-state index in [-0.39, 0.29) is 24.0 Å². The van der Waals surface area contributed by atoms with Gasteiger partial charge in [-0.3, -0.25) is 19.4 Å². The molecular formula is C27H21N3O3. The maximum Gasteiger partial charge on any atom is 0.255 e. The van der Waals surface area contributed by atoms with Gasteiger partial charge in [0.2, 0.25) is 0 Å². The molecule has 2 N–H and O–H groups in total. The summed E-state index contributed by atoms with van der Waals surface area (Å²) in [5.41, 5.74) is 2.47. The Morgan fingerprint density at radius 2 is 1.09 bits per heavy atom. The largest absolute Gasteiger partial charge is 0.320 e. The molecule has 0 spiro atoms. The van der Waals surface area contributed by atoms with E-state index in [1.54, 1.807) is 78.9 Å². The highest BCUT2D eigenvalue weighted by atomic mass is 16.2. The van der Waals surface area contributed by atoms with Gasteiger partial charge < -0.3 is 10.6 Å². The molecule has 4 rings (SSSR count). The van der Waals surface area contributed by atoms with Crippen LogP contribution in [0.15, 0.2) is 103 Å². The predicted molar refractivity (Wildman–Crippen MR) is 128 cm³/mol. The summed E-state index contributed by atoms with van der Waals surface area (Å²) < 4.78 is 0. The average Bonchev–Trinajstić information content (AvgIpc) is 2.87. The zero-order valence-electron chi connectivity index (χ0n) is 17.7. The Bertz CT molecular complexity index is 1200. The number of benzene rings is 3. The van der Waals surface area contributed by atoms with Gasteiger partial charge in [-0.1, -0.05) is 66.7 Å². The van der Waals surface area contributed by atoms with E-state index >= 15 is 0 Å². The molecule has 162 valence electrons. The van der Waals surface area contributed by atoms with Crippen LogP contribution in [0.2, 0.25) is 0 Å². The van der Waals surface area contributed by atoms with E-state index in [0.717, 1.165) is 0 Å². The van der Waals surface area contributed by atoms with Gasteiger partial charge in [0.25, 0.3) is 11.8 Å². The van der Waals surface area contributed by atoms with E-state index in [1.807, 2.05) is 18.2 Å². The van der Waals surface area contributed by atoms with Gasteiger partial charge in [-0.15, -0.1) is 0 Å². The topological polar surface area (TPSA) is 88.2 Å². The van der Waals surface area contributed by atoms with Crippen molar-refractivity contribution in [3.05, 3.63) is 126 Å². The summed E-state index contributed by atoms with van der Waals surface area (Å²) >= 11 is 0. The van der Waals surface area contributed by atoms with Gasteiger partial charge in [0.15, 0.2) is 5.78 Å². The van der Waals surface area contributed by atoms with Crippen LogP contribution in [0.3, 0.4) is 0 Å². The lowest BCUT2D eigenvalue weighted by Crippen LogP contribution is -2.19. The molecule has 33 heavy (non-hydrogen) atoms. The van der Waals surface area contributed by atoms with Gasteiger partial charge in [0.05, 0.1) is 23.5 Å². The fourth-order valence-electron chi connectivity index (χ4n) is 3.32. The number of hydrogen-bond acceptors (Lipinski definition) is 4. The molecular weight excluding hydrogens is 414 g/mol. The smallest absolute Gasteiger partial charge is 0.255 e. The van der Waals surface area contributed by atoms with Crippen molar-refractivity contribution in [2.75, 3.05) is 10.6 Å². The SMILES string of the molecule is O=C(Cc1nccc(NC(=O)c2ccccc2)c1NC(=O)c1ccccc1)c1ccccc1. The summed E-state index contributed by atoms with van der Waals surface area (Å²) in [5, 5.41) is 5.67. The second-order valence-electron chi connectivity index (χ2n) is 7.29. The molecule has 6 heteroatoms. The second kappa shape index (κ2) is 10.2. The van der Waals surface area contributed by atoms with Gasteiger partial charge in [0.1, 0.15) is 0 Å². The molecule has 2 amide bonds. The molecule has 0 aliphatic rings. The molecule has 4 aromatic rings. The number of anilines is 2. The Balaban J connectivity index is 1.67. The number of amides is 2. The Labute approximate surface area is 191 Å². The highest BCUT2D eigenvalue weighted by Crippen LogP contribution is 2.27. The molecule has 0 fully saturated rings. The zero-order chi connectivity index (χ0) is 23.0. The Morgan fingerprint density at radius 3 is 1.64 bits per heavy atom. The van der Waals surface area contributed by atoms with Crippen molar-refractivity contribution in [3.8, 4) is 0 Å².